The highest BCUT2D eigenvalue weighted by Gasteiger charge is 2.27. The highest BCUT2D eigenvalue weighted by Crippen LogP contribution is 2.24. The maximum atomic E-state index is 12.9. The monoisotopic (exact) mass is 446 g/mol. The maximum Gasteiger partial charge on any atom is 0.225 e. The van der Waals surface area contributed by atoms with Gasteiger partial charge in [-0.2, -0.15) is 5.10 Å². The first kappa shape index (κ1) is 20.3. The quantitative estimate of drug-likeness (QED) is 0.486. The van der Waals surface area contributed by atoms with E-state index < -0.39 is 0 Å². The molecule has 1 N–H and O–H groups in total. The van der Waals surface area contributed by atoms with E-state index in [4.69, 9.17) is 0 Å². The number of aromatic nitrogens is 6. The summed E-state index contributed by atoms with van der Waals surface area (Å²) in [7, 11) is 0. The van der Waals surface area contributed by atoms with E-state index >= 15 is 0 Å². The SMILES string of the molecule is O=C(NCc1csc(-c2ccccc2)n1)[C@H]1CCCN(c2cc(-n3cncn3)ncn2)C1. The van der Waals surface area contributed by atoms with Crippen LogP contribution in [0, 0.1) is 5.92 Å². The zero-order valence-corrected chi connectivity index (χ0v) is 18.1. The van der Waals surface area contributed by atoms with Crippen LogP contribution in [0.4, 0.5) is 5.82 Å². The molecule has 32 heavy (non-hydrogen) atoms. The first-order valence-electron chi connectivity index (χ1n) is 10.5. The molecule has 1 amide bonds. The molecule has 0 spiro atoms. The van der Waals surface area contributed by atoms with Crippen LogP contribution in [-0.2, 0) is 11.3 Å². The number of anilines is 1. The predicted octanol–water partition coefficient (Wildman–Crippen LogP) is 2.71. The van der Waals surface area contributed by atoms with Crippen molar-refractivity contribution in [1.82, 2.24) is 35.0 Å². The summed E-state index contributed by atoms with van der Waals surface area (Å²) in [5.74, 6) is 1.39. The molecule has 1 aliphatic rings. The summed E-state index contributed by atoms with van der Waals surface area (Å²) in [6.45, 7) is 1.90. The molecule has 3 aromatic heterocycles. The lowest BCUT2D eigenvalue weighted by atomic mass is 9.97. The highest BCUT2D eigenvalue weighted by molar-refractivity contribution is 7.13. The lowest BCUT2D eigenvalue weighted by Gasteiger charge is -2.32. The zero-order valence-electron chi connectivity index (χ0n) is 17.3. The van der Waals surface area contributed by atoms with Gasteiger partial charge in [-0.25, -0.2) is 24.6 Å². The summed E-state index contributed by atoms with van der Waals surface area (Å²) >= 11 is 1.59. The van der Waals surface area contributed by atoms with Crippen molar-refractivity contribution in [1.29, 1.82) is 0 Å². The molecule has 5 rings (SSSR count). The topological polar surface area (TPSA) is 102 Å². The fraction of sp³-hybridized carbons (Fsp3) is 0.273. The van der Waals surface area contributed by atoms with E-state index in [1.54, 1.807) is 22.3 Å². The Kier molecular flexibility index (Phi) is 5.84. The van der Waals surface area contributed by atoms with E-state index in [9.17, 15) is 4.79 Å². The Labute approximate surface area is 189 Å². The van der Waals surface area contributed by atoms with E-state index in [-0.39, 0.29) is 11.8 Å². The van der Waals surface area contributed by atoms with Gasteiger partial charge in [0.2, 0.25) is 5.91 Å². The van der Waals surface area contributed by atoms with Crippen LogP contribution in [0.1, 0.15) is 18.5 Å². The number of nitrogens with one attached hydrogen (secondary N) is 1. The van der Waals surface area contributed by atoms with Crippen molar-refractivity contribution in [2.24, 2.45) is 5.92 Å². The lowest BCUT2D eigenvalue weighted by Crippen LogP contribution is -2.43. The van der Waals surface area contributed by atoms with Crippen LogP contribution in [0.5, 0.6) is 0 Å². The van der Waals surface area contributed by atoms with Gasteiger partial charge in [0.1, 0.15) is 29.8 Å². The van der Waals surface area contributed by atoms with Gasteiger partial charge in [0, 0.05) is 30.1 Å². The number of hydrogen-bond donors (Lipinski definition) is 1. The van der Waals surface area contributed by atoms with Gasteiger partial charge in [-0.3, -0.25) is 4.79 Å². The maximum absolute atomic E-state index is 12.9. The van der Waals surface area contributed by atoms with Crippen LogP contribution >= 0.6 is 11.3 Å². The first-order chi connectivity index (χ1) is 15.8. The Morgan fingerprint density at radius 3 is 2.88 bits per heavy atom. The Morgan fingerprint density at radius 2 is 2.03 bits per heavy atom. The lowest BCUT2D eigenvalue weighted by molar-refractivity contribution is -0.125. The number of carbonyl (C=O) groups is 1. The fourth-order valence-corrected chi connectivity index (χ4v) is 4.61. The average molecular weight is 447 g/mol. The largest absolute Gasteiger partial charge is 0.356 e. The minimum atomic E-state index is -0.0965. The second kappa shape index (κ2) is 9.23. The number of thiazole rings is 1. The summed E-state index contributed by atoms with van der Waals surface area (Å²) in [5.41, 5.74) is 1.97. The number of hydrogen-bond acceptors (Lipinski definition) is 8. The highest BCUT2D eigenvalue weighted by atomic mass is 32.1. The molecule has 0 bridgehead atoms. The molecule has 10 heteroatoms. The second-order valence-electron chi connectivity index (χ2n) is 7.59. The Morgan fingerprint density at radius 1 is 1.16 bits per heavy atom. The number of piperidine rings is 1. The zero-order chi connectivity index (χ0) is 21.8. The number of nitrogens with zero attached hydrogens (tertiary/aromatic N) is 7. The third-order valence-electron chi connectivity index (χ3n) is 5.42. The summed E-state index contributed by atoms with van der Waals surface area (Å²) in [5, 5.41) is 10.1. The van der Waals surface area contributed by atoms with Crippen LogP contribution < -0.4 is 10.2 Å². The van der Waals surface area contributed by atoms with Gasteiger partial charge in [-0.05, 0) is 12.8 Å². The van der Waals surface area contributed by atoms with Crippen molar-refractivity contribution < 1.29 is 4.79 Å². The molecule has 0 unspecified atom stereocenters. The number of amides is 1. The molecule has 1 atom stereocenters. The average Bonchev–Trinajstić information content (AvgIpc) is 3.56. The van der Waals surface area contributed by atoms with E-state index in [1.165, 1.54) is 12.7 Å². The number of rotatable bonds is 6. The van der Waals surface area contributed by atoms with Gasteiger partial charge in [0.25, 0.3) is 0 Å². The molecule has 4 aromatic rings. The second-order valence-corrected chi connectivity index (χ2v) is 8.45. The van der Waals surface area contributed by atoms with Crippen LogP contribution in [0.25, 0.3) is 16.4 Å². The first-order valence-corrected chi connectivity index (χ1v) is 11.3. The van der Waals surface area contributed by atoms with Gasteiger partial charge < -0.3 is 10.2 Å². The summed E-state index contributed by atoms with van der Waals surface area (Å²) in [6.07, 6.45) is 6.36. The van der Waals surface area contributed by atoms with Crippen LogP contribution in [0.2, 0.25) is 0 Å². The molecule has 0 saturated carbocycles. The third kappa shape index (κ3) is 4.50. The summed E-state index contributed by atoms with van der Waals surface area (Å²) in [6, 6.07) is 11.9. The van der Waals surface area contributed by atoms with Crippen LogP contribution in [0.3, 0.4) is 0 Å². The van der Waals surface area contributed by atoms with Crippen molar-refractivity contribution in [3.8, 4) is 16.4 Å². The standard InChI is InChI=1S/C22H22N8OS/c31-21(24-10-18-12-32-22(28-18)16-5-2-1-3-6-16)17-7-4-8-29(11-17)19-9-20(26-14-25-19)30-15-23-13-27-30/h1-3,5-6,9,12-15,17H,4,7-8,10-11H2,(H,24,31)/t17-/m0/s1. The van der Waals surface area contributed by atoms with Crippen molar-refractivity contribution in [3.63, 3.8) is 0 Å². The van der Waals surface area contributed by atoms with E-state index in [0.29, 0.717) is 18.9 Å². The van der Waals surface area contributed by atoms with Crippen molar-refractivity contribution in [3.05, 3.63) is 66.5 Å². The number of benzene rings is 1. The minimum Gasteiger partial charge on any atom is -0.356 e. The Balaban J connectivity index is 1.20. The summed E-state index contributed by atoms with van der Waals surface area (Å²) < 4.78 is 1.59. The fourth-order valence-electron chi connectivity index (χ4n) is 3.78. The molecule has 1 saturated heterocycles. The minimum absolute atomic E-state index is 0.0505. The van der Waals surface area contributed by atoms with Gasteiger partial charge >= 0.3 is 0 Å². The summed E-state index contributed by atoms with van der Waals surface area (Å²) in [4.78, 5) is 32.3. The van der Waals surface area contributed by atoms with Crippen molar-refractivity contribution in [2.45, 2.75) is 19.4 Å². The van der Waals surface area contributed by atoms with E-state index in [0.717, 1.165) is 41.5 Å². The van der Waals surface area contributed by atoms with Crippen molar-refractivity contribution >= 4 is 23.1 Å². The van der Waals surface area contributed by atoms with Gasteiger partial charge in [0.15, 0.2) is 5.82 Å². The Hall–Kier alpha value is -3.66. The molecule has 0 aliphatic carbocycles. The molecule has 162 valence electrons. The molecule has 1 aromatic carbocycles. The molecule has 0 radical (unpaired) electrons. The molecule has 9 nitrogen and oxygen atoms in total. The predicted molar refractivity (Wildman–Crippen MR) is 121 cm³/mol. The van der Waals surface area contributed by atoms with Crippen LogP contribution in [0.15, 0.2) is 60.8 Å². The normalized spacial score (nSPS) is 16.1. The number of carbonyl (C=O) groups excluding carboxylic acids is 1. The van der Waals surface area contributed by atoms with Crippen LogP contribution in [-0.4, -0.2) is 48.7 Å². The Bertz CT molecular complexity index is 1180. The molecule has 1 aliphatic heterocycles. The smallest absolute Gasteiger partial charge is 0.225 e. The molecular weight excluding hydrogens is 424 g/mol. The van der Waals surface area contributed by atoms with Gasteiger partial charge in [-0.15, -0.1) is 11.3 Å². The molecule has 4 heterocycles. The van der Waals surface area contributed by atoms with E-state index in [1.807, 2.05) is 41.8 Å². The van der Waals surface area contributed by atoms with E-state index in [2.05, 4.69) is 35.3 Å². The molecule has 1 fully saturated rings. The van der Waals surface area contributed by atoms with Gasteiger partial charge in [-0.1, -0.05) is 30.3 Å². The third-order valence-corrected chi connectivity index (χ3v) is 6.36. The van der Waals surface area contributed by atoms with Crippen molar-refractivity contribution in [2.75, 3.05) is 18.0 Å². The molecular formula is C22H22N8OS. The van der Waals surface area contributed by atoms with Gasteiger partial charge in [0.05, 0.1) is 18.2 Å².